The van der Waals surface area contributed by atoms with Gasteiger partial charge in [0.05, 0.1) is 24.1 Å². The second-order valence-corrected chi connectivity index (χ2v) is 10.0. The normalized spacial score (nSPS) is 25.4. The summed E-state index contributed by atoms with van der Waals surface area (Å²) >= 11 is 0. The Balaban J connectivity index is 1.33. The molecule has 168 valence electrons. The molecule has 3 saturated heterocycles. The van der Waals surface area contributed by atoms with Crippen LogP contribution in [0.15, 0.2) is 40.3 Å². The monoisotopic (exact) mass is 430 g/mol. The molecule has 6 rings (SSSR count). The van der Waals surface area contributed by atoms with Crippen molar-refractivity contribution in [2.45, 2.75) is 38.5 Å². The van der Waals surface area contributed by atoms with E-state index in [1.165, 1.54) is 62.9 Å². The minimum absolute atomic E-state index is 0.408. The van der Waals surface area contributed by atoms with Crippen molar-refractivity contribution in [3.8, 4) is 11.3 Å². The number of anilines is 2. The summed E-state index contributed by atoms with van der Waals surface area (Å²) in [6.45, 7) is 8.30. The molecule has 5 heterocycles. The molecule has 0 aliphatic carbocycles. The Morgan fingerprint density at radius 3 is 2.44 bits per heavy atom. The lowest BCUT2D eigenvalue weighted by Crippen LogP contribution is -2.39. The molecule has 6 heteroatoms. The zero-order valence-electron chi connectivity index (χ0n) is 19.0. The summed E-state index contributed by atoms with van der Waals surface area (Å²) in [4.78, 5) is 19.9. The summed E-state index contributed by atoms with van der Waals surface area (Å²) in [7, 11) is 0. The van der Waals surface area contributed by atoms with Gasteiger partial charge >= 0.3 is 0 Å². The predicted molar refractivity (Wildman–Crippen MR) is 129 cm³/mol. The molecule has 1 atom stereocenters. The molecule has 32 heavy (non-hydrogen) atoms. The molecule has 1 N–H and O–H groups in total. The van der Waals surface area contributed by atoms with Crippen LogP contribution in [0.25, 0.3) is 11.3 Å². The fourth-order valence-electron chi connectivity index (χ4n) is 5.92. The molecule has 2 aromatic rings. The number of nitrogens with one attached hydrogen (secondary N) is 1. The Hall–Kier alpha value is -2.47. The highest BCUT2D eigenvalue weighted by Crippen LogP contribution is 2.37. The van der Waals surface area contributed by atoms with Gasteiger partial charge in [0.25, 0.3) is 0 Å². The molecular formula is C26H34N6. The summed E-state index contributed by atoms with van der Waals surface area (Å²) in [5.41, 5.74) is 3.94. The van der Waals surface area contributed by atoms with E-state index in [0.717, 1.165) is 61.5 Å². The number of nitrogens with zero attached hydrogens (tertiary/aromatic N) is 5. The Bertz CT molecular complexity index is 1080. The first-order valence-corrected chi connectivity index (χ1v) is 12.5. The van der Waals surface area contributed by atoms with Crippen molar-refractivity contribution in [3.63, 3.8) is 0 Å². The molecule has 4 aliphatic rings. The highest BCUT2D eigenvalue weighted by Gasteiger charge is 2.41. The lowest BCUT2D eigenvalue weighted by molar-refractivity contribution is 0.369. The highest BCUT2D eigenvalue weighted by molar-refractivity contribution is 5.65. The zero-order chi connectivity index (χ0) is 21.4. The van der Waals surface area contributed by atoms with Gasteiger partial charge in [-0.05, 0) is 50.4 Å². The Morgan fingerprint density at radius 1 is 0.844 bits per heavy atom. The summed E-state index contributed by atoms with van der Waals surface area (Å²) < 4.78 is 0. The van der Waals surface area contributed by atoms with Crippen molar-refractivity contribution in [1.29, 1.82) is 0 Å². The fourth-order valence-corrected chi connectivity index (χ4v) is 5.92. The second-order valence-electron chi connectivity index (χ2n) is 10.0. The van der Waals surface area contributed by atoms with Crippen molar-refractivity contribution in [3.05, 3.63) is 41.0 Å². The molecule has 6 nitrogen and oxygen atoms in total. The number of pyridine rings is 1. The maximum atomic E-state index is 5.19. The standard InChI is InChI=1S/C26H34N6/c1-2-4-15-31(14-3-1)21-7-5-20(6-8-21)22-17-23-24(29-13-12-28-23)25(30-22)32-16-10-26(19-32)9-11-27-18-26/h5-8,17,27H,1-4,9-16,18-19H2. The maximum absolute atomic E-state index is 5.19. The van der Waals surface area contributed by atoms with Crippen molar-refractivity contribution >= 4 is 11.5 Å². The van der Waals surface area contributed by atoms with Gasteiger partial charge in [-0.15, -0.1) is 0 Å². The van der Waals surface area contributed by atoms with Crippen LogP contribution >= 0.6 is 0 Å². The van der Waals surface area contributed by atoms with Gasteiger partial charge < -0.3 is 15.1 Å². The van der Waals surface area contributed by atoms with E-state index < -0.39 is 0 Å². The molecule has 0 saturated carbocycles. The molecular weight excluding hydrogens is 396 g/mol. The number of rotatable bonds is 3. The van der Waals surface area contributed by atoms with E-state index in [2.05, 4.69) is 45.4 Å². The van der Waals surface area contributed by atoms with Crippen LogP contribution in [0.1, 0.15) is 38.5 Å². The number of hydrogen-bond acceptors (Lipinski definition) is 6. The zero-order valence-corrected chi connectivity index (χ0v) is 19.0. The van der Waals surface area contributed by atoms with E-state index >= 15 is 0 Å². The van der Waals surface area contributed by atoms with Gasteiger partial charge in [0.2, 0.25) is 0 Å². The van der Waals surface area contributed by atoms with Crippen LogP contribution in [0, 0.1) is 5.41 Å². The number of aromatic nitrogens is 1. The van der Waals surface area contributed by atoms with Gasteiger partial charge in [0.1, 0.15) is 5.36 Å². The Kier molecular flexibility index (Phi) is 5.34. The van der Waals surface area contributed by atoms with Crippen LogP contribution in [0.5, 0.6) is 0 Å². The van der Waals surface area contributed by atoms with Crippen molar-refractivity contribution < 1.29 is 0 Å². The molecule has 4 aliphatic heterocycles. The van der Waals surface area contributed by atoms with E-state index in [1.54, 1.807) is 0 Å². The largest absolute Gasteiger partial charge is 0.372 e. The predicted octanol–water partition coefficient (Wildman–Crippen LogP) is 2.57. The molecule has 3 fully saturated rings. The number of hydrogen-bond donors (Lipinski definition) is 1. The van der Waals surface area contributed by atoms with Gasteiger partial charge in [-0.3, -0.25) is 9.98 Å². The van der Waals surface area contributed by atoms with Gasteiger partial charge in [-0.2, -0.15) is 0 Å². The van der Waals surface area contributed by atoms with Crippen LogP contribution < -0.4 is 25.8 Å². The number of fused-ring (bicyclic) bond motifs is 1. The summed E-state index contributed by atoms with van der Waals surface area (Å²) in [5, 5.41) is 5.59. The van der Waals surface area contributed by atoms with Crippen LogP contribution in [0.4, 0.5) is 11.5 Å². The van der Waals surface area contributed by atoms with Gasteiger partial charge in [0.15, 0.2) is 5.82 Å². The lowest BCUT2D eigenvalue weighted by atomic mass is 9.87. The van der Waals surface area contributed by atoms with E-state index in [0.29, 0.717) is 5.41 Å². The Labute approximate surface area is 190 Å². The van der Waals surface area contributed by atoms with E-state index in [9.17, 15) is 0 Å². The minimum atomic E-state index is 0.408. The van der Waals surface area contributed by atoms with Gasteiger partial charge in [-0.1, -0.05) is 25.0 Å². The molecule has 1 aromatic carbocycles. The van der Waals surface area contributed by atoms with Crippen LogP contribution in [0.2, 0.25) is 0 Å². The SMILES string of the molecule is c1cc(N2CCCCCC2)ccc1-c1cc2c(c(N3CCC4(CCNC4)C3)n1)=NCCN=2. The molecule has 1 spiro atoms. The maximum Gasteiger partial charge on any atom is 0.157 e. The molecule has 1 unspecified atom stereocenters. The van der Waals surface area contributed by atoms with E-state index in [4.69, 9.17) is 15.0 Å². The first kappa shape index (κ1) is 20.2. The van der Waals surface area contributed by atoms with Gasteiger partial charge in [0, 0.05) is 49.4 Å². The van der Waals surface area contributed by atoms with E-state index in [1.807, 2.05) is 0 Å². The van der Waals surface area contributed by atoms with Crippen molar-refractivity contribution in [2.24, 2.45) is 15.4 Å². The highest BCUT2D eigenvalue weighted by atomic mass is 15.2. The van der Waals surface area contributed by atoms with Crippen LogP contribution in [0.3, 0.4) is 0 Å². The smallest absolute Gasteiger partial charge is 0.157 e. The molecule has 1 aromatic heterocycles. The first-order chi connectivity index (χ1) is 15.8. The summed E-state index contributed by atoms with van der Waals surface area (Å²) in [6, 6.07) is 11.2. The average Bonchev–Trinajstić information content (AvgIpc) is 3.39. The van der Waals surface area contributed by atoms with Gasteiger partial charge in [-0.25, -0.2) is 4.98 Å². The van der Waals surface area contributed by atoms with E-state index in [-0.39, 0.29) is 0 Å². The third-order valence-corrected chi connectivity index (χ3v) is 7.81. The van der Waals surface area contributed by atoms with Crippen molar-refractivity contribution in [2.75, 3.05) is 62.2 Å². The first-order valence-electron chi connectivity index (χ1n) is 12.5. The van der Waals surface area contributed by atoms with Crippen molar-refractivity contribution in [1.82, 2.24) is 10.3 Å². The lowest BCUT2D eigenvalue weighted by Gasteiger charge is -2.24. The average molecular weight is 431 g/mol. The molecule has 0 bridgehead atoms. The second kappa shape index (κ2) is 8.47. The topological polar surface area (TPSA) is 56.1 Å². The third kappa shape index (κ3) is 3.79. The Morgan fingerprint density at radius 2 is 1.66 bits per heavy atom. The minimum Gasteiger partial charge on any atom is -0.372 e. The number of benzene rings is 1. The van der Waals surface area contributed by atoms with Crippen LogP contribution in [-0.4, -0.2) is 57.3 Å². The van der Waals surface area contributed by atoms with Crippen LogP contribution in [-0.2, 0) is 0 Å². The fraction of sp³-hybridized carbons (Fsp3) is 0.577. The quantitative estimate of drug-likeness (QED) is 0.813. The summed E-state index contributed by atoms with van der Waals surface area (Å²) in [5.74, 6) is 1.04. The molecule has 0 radical (unpaired) electrons. The molecule has 0 amide bonds. The summed E-state index contributed by atoms with van der Waals surface area (Å²) in [6.07, 6.45) is 7.83. The third-order valence-electron chi connectivity index (χ3n) is 7.81.